The summed E-state index contributed by atoms with van der Waals surface area (Å²) in [7, 11) is -4.67. The van der Waals surface area contributed by atoms with Gasteiger partial charge >= 0.3 is 0 Å². The van der Waals surface area contributed by atoms with E-state index in [0.29, 0.717) is 17.9 Å². The summed E-state index contributed by atoms with van der Waals surface area (Å²) >= 11 is 1.56. The molecule has 2 amide bonds. The lowest BCUT2D eigenvalue weighted by atomic mass is 9.98. The van der Waals surface area contributed by atoms with E-state index in [0.717, 1.165) is 27.7 Å². The number of nitro groups is 1. The number of thioether (sulfide) groups is 1. The molecule has 3 N–H and O–H groups in total. The minimum absolute atomic E-state index is 0.110. The molecule has 1 aliphatic rings. The van der Waals surface area contributed by atoms with E-state index < -0.39 is 31.4 Å². The molecule has 1 aromatic heterocycles. The molecule has 0 saturated carbocycles. The normalized spacial score (nSPS) is 13.0. The second kappa shape index (κ2) is 16.1. The number of carbonyl (C=O) groups is 2. The van der Waals surface area contributed by atoms with Crippen molar-refractivity contribution in [3.8, 4) is 16.9 Å². The Morgan fingerprint density at radius 2 is 1.72 bits per heavy atom. The zero-order chi connectivity index (χ0) is 37.5. The number of carbonyl (C=O) groups excluding carboxylic acids is 2. The highest BCUT2D eigenvalue weighted by atomic mass is 32.2. The van der Waals surface area contributed by atoms with Crippen molar-refractivity contribution in [2.45, 2.75) is 16.7 Å². The molecule has 6 rings (SSSR count). The first-order chi connectivity index (χ1) is 25.5. The van der Waals surface area contributed by atoms with E-state index in [1.165, 1.54) is 24.4 Å². The maximum absolute atomic E-state index is 13.8. The minimum Gasteiger partial charge on any atom is -0.508 e. The zero-order valence-electron chi connectivity index (χ0n) is 28.5. The molecule has 14 nitrogen and oxygen atoms in total. The zero-order valence-corrected chi connectivity index (χ0v) is 30.1. The van der Waals surface area contributed by atoms with Crippen molar-refractivity contribution in [1.82, 2.24) is 19.8 Å². The van der Waals surface area contributed by atoms with Crippen LogP contribution >= 0.6 is 11.8 Å². The Morgan fingerprint density at radius 1 is 0.943 bits per heavy atom. The number of phenolic OH excluding ortho intramolecular Hbond substituents is 1. The van der Waals surface area contributed by atoms with Crippen LogP contribution in [0.2, 0.25) is 0 Å². The SMILES string of the molecule is Cc1cc(C(=O)N2CCN(c3cc(NCCSc4ccccc4)c([N+](=O)[O-])cc3S(=O)(=O)NC(=O)c3cccnn3)CC2)ccc1-c1cccc(O)c1. The molecule has 0 spiro atoms. The van der Waals surface area contributed by atoms with Crippen molar-refractivity contribution >= 4 is 50.7 Å². The van der Waals surface area contributed by atoms with Gasteiger partial charge < -0.3 is 20.2 Å². The molecule has 0 bridgehead atoms. The van der Waals surface area contributed by atoms with Crippen LogP contribution in [0.4, 0.5) is 17.1 Å². The molecule has 0 unspecified atom stereocenters. The number of hydrogen-bond acceptors (Lipinski definition) is 12. The predicted octanol–water partition coefficient (Wildman–Crippen LogP) is 5.35. The molecule has 0 radical (unpaired) electrons. The Labute approximate surface area is 310 Å². The molecule has 1 saturated heterocycles. The number of nitro benzene ring substituents is 1. The van der Waals surface area contributed by atoms with Crippen molar-refractivity contribution in [2.75, 3.05) is 48.7 Å². The fourth-order valence-electron chi connectivity index (χ4n) is 5.96. The Hall–Kier alpha value is -6.00. The number of hydrogen-bond donors (Lipinski definition) is 3. The summed E-state index contributed by atoms with van der Waals surface area (Å²) in [6, 6.07) is 27.0. The van der Waals surface area contributed by atoms with Crippen molar-refractivity contribution in [2.24, 2.45) is 0 Å². The van der Waals surface area contributed by atoms with Gasteiger partial charge in [0.1, 0.15) is 16.3 Å². The molecule has 2 heterocycles. The largest absolute Gasteiger partial charge is 0.508 e. The minimum atomic E-state index is -4.67. The summed E-state index contributed by atoms with van der Waals surface area (Å²) in [4.78, 5) is 42.1. The Kier molecular flexibility index (Phi) is 11.2. The molecule has 16 heteroatoms. The van der Waals surface area contributed by atoms with Gasteiger partial charge in [-0.2, -0.15) is 5.10 Å². The van der Waals surface area contributed by atoms with Crippen LogP contribution in [0.3, 0.4) is 0 Å². The summed E-state index contributed by atoms with van der Waals surface area (Å²) < 4.78 is 29.6. The molecular formula is C37H35N7O7S2. The Morgan fingerprint density at radius 3 is 2.40 bits per heavy atom. The molecule has 4 aromatic carbocycles. The second-order valence-electron chi connectivity index (χ2n) is 12.1. The van der Waals surface area contributed by atoms with Gasteiger partial charge in [0, 0.05) is 61.2 Å². The fourth-order valence-corrected chi connectivity index (χ4v) is 7.94. The first kappa shape index (κ1) is 36.8. The van der Waals surface area contributed by atoms with E-state index >= 15 is 0 Å². The number of phenols is 1. The maximum atomic E-state index is 13.8. The second-order valence-corrected chi connectivity index (χ2v) is 14.9. The van der Waals surface area contributed by atoms with Crippen molar-refractivity contribution < 1.29 is 28.0 Å². The average molecular weight is 754 g/mol. The summed E-state index contributed by atoms with van der Waals surface area (Å²) in [5, 5.41) is 32.6. The quantitative estimate of drug-likeness (QED) is 0.0643. The van der Waals surface area contributed by atoms with E-state index in [4.69, 9.17) is 0 Å². The molecule has 5 aromatic rings. The van der Waals surface area contributed by atoms with Gasteiger partial charge in [0.15, 0.2) is 5.69 Å². The number of sulfonamides is 1. The van der Waals surface area contributed by atoms with Gasteiger partial charge in [-0.15, -0.1) is 16.9 Å². The summed E-state index contributed by atoms with van der Waals surface area (Å²) in [6.45, 7) is 3.08. The summed E-state index contributed by atoms with van der Waals surface area (Å²) in [5.74, 6) is -0.546. The van der Waals surface area contributed by atoms with Crippen LogP contribution in [-0.4, -0.2) is 83.8 Å². The monoisotopic (exact) mass is 753 g/mol. The third kappa shape index (κ3) is 8.73. The van der Waals surface area contributed by atoms with E-state index in [1.807, 2.05) is 54.1 Å². The van der Waals surface area contributed by atoms with E-state index in [2.05, 4.69) is 15.5 Å². The number of nitrogens with zero attached hydrogens (tertiary/aromatic N) is 5. The molecule has 0 aliphatic carbocycles. The van der Waals surface area contributed by atoms with Gasteiger partial charge in [0.05, 0.1) is 10.6 Å². The Bertz CT molecular complexity index is 2250. The number of rotatable bonds is 12. The Balaban J connectivity index is 1.25. The van der Waals surface area contributed by atoms with Crippen LogP contribution < -0.4 is 14.9 Å². The predicted molar refractivity (Wildman–Crippen MR) is 202 cm³/mol. The number of nitrogens with one attached hydrogen (secondary N) is 2. The smallest absolute Gasteiger partial charge is 0.293 e. The van der Waals surface area contributed by atoms with E-state index in [-0.39, 0.29) is 54.9 Å². The van der Waals surface area contributed by atoms with Crippen LogP contribution in [0.5, 0.6) is 5.75 Å². The number of anilines is 2. The number of benzene rings is 4. The van der Waals surface area contributed by atoms with Gasteiger partial charge in [0.25, 0.3) is 27.5 Å². The number of amides is 2. The van der Waals surface area contributed by atoms with Crippen LogP contribution in [0.25, 0.3) is 11.1 Å². The molecule has 53 heavy (non-hydrogen) atoms. The molecular weight excluding hydrogens is 719 g/mol. The lowest BCUT2D eigenvalue weighted by molar-refractivity contribution is -0.384. The molecule has 272 valence electrons. The van der Waals surface area contributed by atoms with Gasteiger partial charge in [-0.05, 0) is 78.2 Å². The first-order valence-corrected chi connectivity index (χ1v) is 19.0. The van der Waals surface area contributed by atoms with Crippen LogP contribution in [0.15, 0.2) is 113 Å². The summed E-state index contributed by atoms with van der Waals surface area (Å²) in [5.41, 5.74) is 2.54. The standard InChI is InChI=1S/C37H35N7O7S2/c1-25-21-27(12-13-30(25)26-7-5-8-28(45)22-26)37(47)43-18-16-42(17-19-43)34-23-32(38-15-20-52-29-9-3-2-4-10-29)33(44(48)49)24-35(34)53(50,51)41-36(46)31-11-6-14-39-40-31/h2-14,21-24,38,45H,15-20H2,1H3,(H,41,46). The third-order valence-corrected chi connectivity index (χ3v) is 10.9. The van der Waals surface area contributed by atoms with Crippen molar-refractivity contribution in [3.05, 3.63) is 130 Å². The maximum Gasteiger partial charge on any atom is 0.293 e. The number of aryl methyl sites for hydroxylation is 1. The fraction of sp³-hybridized carbons (Fsp3) is 0.189. The molecule has 1 fully saturated rings. The van der Waals surface area contributed by atoms with E-state index in [1.54, 1.807) is 51.9 Å². The highest BCUT2D eigenvalue weighted by Crippen LogP contribution is 2.37. The van der Waals surface area contributed by atoms with Crippen molar-refractivity contribution in [1.29, 1.82) is 0 Å². The molecule has 1 aliphatic heterocycles. The lowest BCUT2D eigenvalue weighted by Crippen LogP contribution is -2.49. The molecule has 0 atom stereocenters. The highest BCUT2D eigenvalue weighted by Gasteiger charge is 2.32. The van der Waals surface area contributed by atoms with Crippen LogP contribution in [0.1, 0.15) is 26.4 Å². The van der Waals surface area contributed by atoms with Crippen LogP contribution in [0, 0.1) is 17.0 Å². The first-order valence-electron chi connectivity index (χ1n) is 16.5. The number of aromatic nitrogens is 2. The van der Waals surface area contributed by atoms with Gasteiger partial charge in [-0.1, -0.05) is 36.4 Å². The van der Waals surface area contributed by atoms with Crippen molar-refractivity contribution in [3.63, 3.8) is 0 Å². The lowest BCUT2D eigenvalue weighted by Gasteiger charge is -2.37. The summed E-state index contributed by atoms with van der Waals surface area (Å²) in [6.07, 6.45) is 1.33. The number of piperazine rings is 1. The van der Waals surface area contributed by atoms with Gasteiger partial charge in [-0.3, -0.25) is 19.7 Å². The van der Waals surface area contributed by atoms with Gasteiger partial charge in [-0.25, -0.2) is 13.1 Å². The average Bonchev–Trinajstić information content (AvgIpc) is 3.16. The van der Waals surface area contributed by atoms with Gasteiger partial charge in [0.2, 0.25) is 0 Å². The highest BCUT2D eigenvalue weighted by molar-refractivity contribution is 7.99. The number of aromatic hydroxyl groups is 1. The topological polar surface area (TPSA) is 188 Å². The van der Waals surface area contributed by atoms with Crippen LogP contribution in [-0.2, 0) is 10.0 Å². The van der Waals surface area contributed by atoms with E-state index in [9.17, 15) is 33.2 Å². The third-order valence-electron chi connectivity index (χ3n) is 8.56.